The van der Waals surface area contributed by atoms with Crippen LogP contribution in [-0.2, 0) is 0 Å². The second-order valence-electron chi connectivity index (χ2n) is 4.32. The predicted octanol–water partition coefficient (Wildman–Crippen LogP) is 3.71. The molecule has 0 radical (unpaired) electrons. The van der Waals surface area contributed by atoms with Crippen molar-refractivity contribution in [3.63, 3.8) is 0 Å². The number of carbonyl (C=O) groups excluding carboxylic acids is 1. The summed E-state index contributed by atoms with van der Waals surface area (Å²) >= 11 is 0. The van der Waals surface area contributed by atoms with Crippen LogP contribution in [0.25, 0.3) is 0 Å². The molecule has 1 amide bonds. The number of benzene rings is 2. The number of hydrogen-bond donors (Lipinski definition) is 1. The molecule has 0 aromatic heterocycles. The number of halogens is 1. The van der Waals surface area contributed by atoms with Crippen LogP contribution in [0.4, 0.5) is 4.39 Å². The smallest absolute Gasteiger partial charge is 0.254 e. The van der Waals surface area contributed by atoms with Gasteiger partial charge in [-0.05, 0) is 24.1 Å². The van der Waals surface area contributed by atoms with Gasteiger partial charge in [0.15, 0.2) is 0 Å². The zero-order valence-electron chi connectivity index (χ0n) is 10.8. The minimum atomic E-state index is -0.497. The van der Waals surface area contributed by atoms with Crippen molar-refractivity contribution in [1.29, 1.82) is 0 Å². The van der Waals surface area contributed by atoms with Gasteiger partial charge in [-0.1, -0.05) is 49.4 Å². The van der Waals surface area contributed by atoms with E-state index in [0.717, 1.165) is 12.0 Å². The van der Waals surface area contributed by atoms with Crippen molar-refractivity contribution in [2.75, 3.05) is 0 Å². The van der Waals surface area contributed by atoms with Crippen LogP contribution in [0.1, 0.15) is 35.3 Å². The highest BCUT2D eigenvalue weighted by molar-refractivity contribution is 5.94. The molecule has 0 saturated heterocycles. The third-order valence-electron chi connectivity index (χ3n) is 3.03. The second kappa shape index (κ2) is 6.14. The van der Waals surface area contributed by atoms with E-state index in [2.05, 4.69) is 5.32 Å². The molecule has 0 aliphatic rings. The third-order valence-corrected chi connectivity index (χ3v) is 3.03. The van der Waals surface area contributed by atoms with E-state index in [1.165, 1.54) is 12.1 Å². The lowest BCUT2D eigenvalue weighted by atomic mass is 10.0. The van der Waals surface area contributed by atoms with E-state index >= 15 is 0 Å². The maximum atomic E-state index is 13.5. The highest BCUT2D eigenvalue weighted by Gasteiger charge is 2.16. The van der Waals surface area contributed by atoms with Gasteiger partial charge in [-0.3, -0.25) is 4.79 Å². The molecule has 0 heterocycles. The van der Waals surface area contributed by atoms with E-state index in [-0.39, 0.29) is 17.5 Å². The maximum absolute atomic E-state index is 13.5. The number of rotatable bonds is 4. The fourth-order valence-electron chi connectivity index (χ4n) is 1.99. The largest absolute Gasteiger partial charge is 0.345 e. The first-order valence-corrected chi connectivity index (χ1v) is 6.32. The molecule has 0 unspecified atom stereocenters. The van der Waals surface area contributed by atoms with Crippen molar-refractivity contribution < 1.29 is 9.18 Å². The van der Waals surface area contributed by atoms with Crippen molar-refractivity contribution in [1.82, 2.24) is 5.32 Å². The molecule has 98 valence electrons. The van der Waals surface area contributed by atoms with E-state index in [4.69, 9.17) is 0 Å². The van der Waals surface area contributed by atoms with Gasteiger partial charge in [0.1, 0.15) is 5.82 Å². The molecular formula is C16H16FNO. The Balaban J connectivity index is 2.16. The highest BCUT2D eigenvalue weighted by Crippen LogP contribution is 2.17. The SMILES string of the molecule is CC[C@H](NC(=O)c1ccccc1F)c1ccccc1. The molecule has 2 aromatic carbocycles. The van der Waals surface area contributed by atoms with Crippen LogP contribution in [-0.4, -0.2) is 5.91 Å². The Hall–Kier alpha value is -2.16. The van der Waals surface area contributed by atoms with Crippen molar-refractivity contribution in [2.45, 2.75) is 19.4 Å². The van der Waals surface area contributed by atoms with Crippen LogP contribution in [0.15, 0.2) is 54.6 Å². The normalized spacial score (nSPS) is 11.9. The Kier molecular flexibility index (Phi) is 4.29. The summed E-state index contributed by atoms with van der Waals surface area (Å²) in [6.45, 7) is 1.99. The van der Waals surface area contributed by atoms with E-state index in [1.807, 2.05) is 37.3 Å². The van der Waals surface area contributed by atoms with Gasteiger partial charge in [0.25, 0.3) is 5.91 Å². The molecule has 1 atom stereocenters. The van der Waals surface area contributed by atoms with E-state index in [0.29, 0.717) is 0 Å². The summed E-state index contributed by atoms with van der Waals surface area (Å²) in [5, 5.41) is 2.86. The average Bonchev–Trinajstić information content (AvgIpc) is 2.46. The quantitative estimate of drug-likeness (QED) is 0.888. The molecule has 0 aliphatic carbocycles. The Labute approximate surface area is 112 Å². The van der Waals surface area contributed by atoms with Gasteiger partial charge in [0.2, 0.25) is 0 Å². The molecule has 1 N–H and O–H groups in total. The van der Waals surface area contributed by atoms with Gasteiger partial charge in [0.05, 0.1) is 11.6 Å². The first-order chi connectivity index (χ1) is 9.22. The zero-order chi connectivity index (χ0) is 13.7. The molecule has 2 rings (SSSR count). The van der Waals surface area contributed by atoms with Crippen LogP contribution in [0.2, 0.25) is 0 Å². The predicted molar refractivity (Wildman–Crippen MR) is 73.3 cm³/mol. The van der Waals surface area contributed by atoms with Gasteiger partial charge >= 0.3 is 0 Å². The Morgan fingerprint density at radius 1 is 1.11 bits per heavy atom. The van der Waals surface area contributed by atoms with E-state index in [9.17, 15) is 9.18 Å². The fraction of sp³-hybridized carbons (Fsp3) is 0.188. The number of nitrogens with one attached hydrogen (secondary N) is 1. The maximum Gasteiger partial charge on any atom is 0.254 e. The molecule has 2 nitrogen and oxygen atoms in total. The van der Waals surface area contributed by atoms with Crippen molar-refractivity contribution in [3.8, 4) is 0 Å². The van der Waals surface area contributed by atoms with Crippen LogP contribution < -0.4 is 5.32 Å². The highest BCUT2D eigenvalue weighted by atomic mass is 19.1. The molecule has 0 bridgehead atoms. The van der Waals surface area contributed by atoms with Crippen molar-refractivity contribution in [3.05, 3.63) is 71.5 Å². The summed E-state index contributed by atoms with van der Waals surface area (Å²) in [5.74, 6) is -0.878. The minimum absolute atomic E-state index is 0.0804. The standard InChI is InChI=1S/C16H16FNO/c1-2-15(12-8-4-3-5-9-12)18-16(19)13-10-6-7-11-14(13)17/h3-11,15H,2H2,1H3,(H,18,19)/t15-/m0/s1. The summed E-state index contributed by atoms with van der Waals surface area (Å²) in [7, 11) is 0. The first kappa shape index (κ1) is 13.3. The Morgan fingerprint density at radius 2 is 1.74 bits per heavy atom. The van der Waals surface area contributed by atoms with Crippen molar-refractivity contribution >= 4 is 5.91 Å². The molecule has 0 spiro atoms. The summed E-state index contributed by atoms with van der Waals surface area (Å²) in [4.78, 5) is 12.1. The zero-order valence-corrected chi connectivity index (χ0v) is 10.8. The van der Waals surface area contributed by atoms with E-state index < -0.39 is 5.82 Å². The van der Waals surface area contributed by atoms with E-state index in [1.54, 1.807) is 12.1 Å². The van der Waals surface area contributed by atoms with Crippen LogP contribution >= 0.6 is 0 Å². The second-order valence-corrected chi connectivity index (χ2v) is 4.32. The third kappa shape index (κ3) is 3.19. The summed E-state index contributed by atoms with van der Waals surface area (Å²) in [5.41, 5.74) is 1.10. The van der Waals surface area contributed by atoms with Gasteiger partial charge < -0.3 is 5.32 Å². The van der Waals surface area contributed by atoms with Crippen LogP contribution in [0.5, 0.6) is 0 Å². The van der Waals surface area contributed by atoms with Crippen LogP contribution in [0.3, 0.4) is 0 Å². The van der Waals surface area contributed by atoms with Gasteiger partial charge in [-0.25, -0.2) is 4.39 Å². The topological polar surface area (TPSA) is 29.1 Å². The van der Waals surface area contributed by atoms with Gasteiger partial charge in [-0.15, -0.1) is 0 Å². The molecule has 0 fully saturated rings. The summed E-state index contributed by atoms with van der Waals surface area (Å²) < 4.78 is 13.5. The lowest BCUT2D eigenvalue weighted by molar-refractivity contribution is 0.0931. The number of amides is 1. The number of carbonyl (C=O) groups is 1. The molecular weight excluding hydrogens is 241 g/mol. The van der Waals surface area contributed by atoms with Crippen LogP contribution in [0, 0.1) is 5.82 Å². The monoisotopic (exact) mass is 257 g/mol. The molecule has 0 aliphatic heterocycles. The molecule has 3 heteroatoms. The summed E-state index contributed by atoms with van der Waals surface area (Å²) in [6, 6.07) is 15.6. The van der Waals surface area contributed by atoms with Gasteiger partial charge in [-0.2, -0.15) is 0 Å². The molecule has 2 aromatic rings. The molecule has 0 saturated carbocycles. The summed E-state index contributed by atoms with van der Waals surface area (Å²) in [6.07, 6.45) is 0.754. The Bertz CT molecular complexity index is 554. The lowest BCUT2D eigenvalue weighted by Crippen LogP contribution is -2.28. The molecule has 19 heavy (non-hydrogen) atoms. The Morgan fingerprint density at radius 3 is 2.37 bits per heavy atom. The first-order valence-electron chi connectivity index (χ1n) is 6.32. The average molecular weight is 257 g/mol. The van der Waals surface area contributed by atoms with Gasteiger partial charge in [0, 0.05) is 0 Å². The van der Waals surface area contributed by atoms with Crippen molar-refractivity contribution in [2.24, 2.45) is 0 Å². The lowest BCUT2D eigenvalue weighted by Gasteiger charge is -2.17. The number of hydrogen-bond acceptors (Lipinski definition) is 1. The minimum Gasteiger partial charge on any atom is -0.345 e. The fourth-order valence-corrected chi connectivity index (χ4v) is 1.99.